The number of carbonyl (C=O) groups is 2. The molecule has 2 aliphatic heterocycles. The van der Waals surface area contributed by atoms with Gasteiger partial charge in [0, 0.05) is 31.1 Å². The molecule has 1 aromatic carbocycles. The van der Waals surface area contributed by atoms with Crippen LogP contribution < -0.4 is 9.64 Å². The van der Waals surface area contributed by atoms with Gasteiger partial charge in [-0.05, 0) is 42.8 Å². The first kappa shape index (κ1) is 20.4. The average molecular weight is 437 g/mol. The lowest BCUT2D eigenvalue weighted by Gasteiger charge is -2.34. The second-order valence-electron chi connectivity index (χ2n) is 6.98. The van der Waals surface area contributed by atoms with E-state index in [1.165, 1.54) is 23.5 Å². The second kappa shape index (κ2) is 7.77. The number of piperazine rings is 1. The summed E-state index contributed by atoms with van der Waals surface area (Å²) in [7, 11) is 1.99. The Morgan fingerprint density at radius 2 is 1.63 bits per heavy atom. The third-order valence-corrected chi connectivity index (χ3v) is 5.86. The van der Waals surface area contributed by atoms with Gasteiger partial charge >= 0.3 is 6.36 Å². The standard InChI is InChI=1S/C20H18F3N3O3S/c1-24-8-10-25(11-9-24)17-16(15-3-2-12-30-15)18(27)26(19(17)28)13-4-6-14(7-5-13)29-20(21,22)23/h2-7,12H,8-11H2,1H3. The van der Waals surface area contributed by atoms with Crippen molar-refractivity contribution in [2.75, 3.05) is 38.1 Å². The van der Waals surface area contributed by atoms with Gasteiger partial charge in [-0.3, -0.25) is 9.59 Å². The van der Waals surface area contributed by atoms with Crippen LogP contribution in [0.5, 0.6) is 5.75 Å². The van der Waals surface area contributed by atoms with Gasteiger partial charge in [-0.1, -0.05) is 6.07 Å². The summed E-state index contributed by atoms with van der Waals surface area (Å²) >= 11 is 1.36. The molecule has 1 fully saturated rings. The summed E-state index contributed by atoms with van der Waals surface area (Å²) in [6.07, 6.45) is -4.82. The molecule has 0 bridgehead atoms. The minimum absolute atomic E-state index is 0.192. The zero-order valence-electron chi connectivity index (χ0n) is 16.0. The Morgan fingerprint density at radius 1 is 0.967 bits per heavy atom. The van der Waals surface area contributed by atoms with Gasteiger partial charge in [-0.15, -0.1) is 24.5 Å². The number of alkyl halides is 3. The molecular weight excluding hydrogens is 419 g/mol. The number of carbonyl (C=O) groups excluding carboxylic acids is 2. The van der Waals surface area contributed by atoms with Crippen LogP contribution in [-0.2, 0) is 9.59 Å². The maximum atomic E-state index is 13.3. The summed E-state index contributed by atoms with van der Waals surface area (Å²) in [5, 5.41) is 1.83. The normalized spacial score (nSPS) is 18.5. The van der Waals surface area contributed by atoms with Crippen molar-refractivity contribution >= 4 is 34.4 Å². The van der Waals surface area contributed by atoms with Gasteiger partial charge < -0.3 is 14.5 Å². The molecule has 4 rings (SSSR count). The first-order valence-corrected chi connectivity index (χ1v) is 10.1. The fraction of sp³-hybridized carbons (Fsp3) is 0.300. The summed E-state index contributed by atoms with van der Waals surface area (Å²) in [6, 6.07) is 8.30. The predicted octanol–water partition coefficient (Wildman–Crippen LogP) is 3.18. The van der Waals surface area contributed by atoms with Crippen LogP contribution in [-0.4, -0.2) is 61.2 Å². The monoisotopic (exact) mass is 437 g/mol. The van der Waals surface area contributed by atoms with Gasteiger partial charge in [0.05, 0.1) is 11.3 Å². The van der Waals surface area contributed by atoms with E-state index < -0.39 is 23.9 Å². The molecule has 1 aromatic heterocycles. The van der Waals surface area contributed by atoms with Crippen molar-refractivity contribution in [1.82, 2.24) is 9.80 Å². The Morgan fingerprint density at radius 3 is 2.20 bits per heavy atom. The summed E-state index contributed by atoms with van der Waals surface area (Å²) in [5.74, 6) is -1.38. The minimum Gasteiger partial charge on any atom is -0.406 e. The molecule has 0 saturated carbocycles. The van der Waals surface area contributed by atoms with Crippen molar-refractivity contribution in [3.05, 3.63) is 52.4 Å². The Bertz CT molecular complexity index is 979. The molecule has 0 atom stereocenters. The number of halogens is 3. The number of likely N-dealkylation sites (N-methyl/N-ethyl adjacent to an activating group) is 1. The van der Waals surface area contributed by atoms with Crippen LogP contribution in [0.1, 0.15) is 4.88 Å². The first-order chi connectivity index (χ1) is 14.2. The van der Waals surface area contributed by atoms with Crippen LogP contribution in [0.25, 0.3) is 5.57 Å². The maximum absolute atomic E-state index is 13.3. The number of hydrogen-bond donors (Lipinski definition) is 0. The topological polar surface area (TPSA) is 53.1 Å². The molecule has 1 saturated heterocycles. The number of hydrogen-bond acceptors (Lipinski definition) is 6. The highest BCUT2D eigenvalue weighted by atomic mass is 32.1. The van der Waals surface area contributed by atoms with Crippen LogP contribution in [0, 0.1) is 0 Å². The number of thiophene rings is 1. The number of rotatable bonds is 4. The number of anilines is 1. The number of amides is 2. The summed E-state index contributed by atoms with van der Waals surface area (Å²) in [4.78, 5) is 32.3. The lowest BCUT2D eigenvalue weighted by molar-refractivity contribution is -0.274. The van der Waals surface area contributed by atoms with Crippen LogP contribution in [0.2, 0.25) is 0 Å². The van der Waals surface area contributed by atoms with Gasteiger partial charge in [0.25, 0.3) is 11.8 Å². The molecule has 3 heterocycles. The summed E-state index contributed by atoms with van der Waals surface area (Å²) in [5.41, 5.74) is 0.860. The third kappa shape index (κ3) is 3.92. The number of benzene rings is 1. The van der Waals surface area contributed by atoms with Crippen LogP contribution in [0.3, 0.4) is 0 Å². The predicted molar refractivity (Wildman–Crippen MR) is 106 cm³/mol. The molecule has 0 spiro atoms. The van der Waals surface area contributed by atoms with Crippen molar-refractivity contribution in [3.63, 3.8) is 0 Å². The Kier molecular flexibility index (Phi) is 5.29. The molecule has 0 radical (unpaired) electrons. The fourth-order valence-electron chi connectivity index (χ4n) is 3.52. The van der Waals surface area contributed by atoms with Crippen molar-refractivity contribution in [2.45, 2.75) is 6.36 Å². The van der Waals surface area contributed by atoms with Crippen molar-refractivity contribution in [1.29, 1.82) is 0 Å². The largest absolute Gasteiger partial charge is 0.573 e. The SMILES string of the molecule is CN1CCN(C2=C(c3cccs3)C(=O)N(c3ccc(OC(F)(F)F)cc3)C2=O)CC1. The summed E-state index contributed by atoms with van der Waals surface area (Å²) < 4.78 is 41.1. The molecule has 158 valence electrons. The highest BCUT2D eigenvalue weighted by Crippen LogP contribution is 2.37. The van der Waals surface area contributed by atoms with E-state index in [0.717, 1.165) is 30.1 Å². The highest BCUT2D eigenvalue weighted by molar-refractivity contribution is 7.11. The number of nitrogens with zero attached hydrogens (tertiary/aromatic N) is 3. The van der Waals surface area contributed by atoms with Crippen LogP contribution in [0.4, 0.5) is 18.9 Å². The van der Waals surface area contributed by atoms with Crippen LogP contribution >= 0.6 is 11.3 Å². The average Bonchev–Trinajstić information content (AvgIpc) is 3.29. The molecule has 2 aromatic rings. The molecule has 2 amide bonds. The van der Waals surface area contributed by atoms with Crippen molar-refractivity contribution in [2.24, 2.45) is 0 Å². The van der Waals surface area contributed by atoms with Gasteiger partial charge in [0.2, 0.25) is 0 Å². The number of imide groups is 1. The van der Waals surface area contributed by atoms with E-state index in [4.69, 9.17) is 0 Å². The van der Waals surface area contributed by atoms with Gasteiger partial charge in [0.1, 0.15) is 11.4 Å². The van der Waals surface area contributed by atoms with Gasteiger partial charge in [0.15, 0.2) is 0 Å². The van der Waals surface area contributed by atoms with Crippen LogP contribution in [0.15, 0.2) is 47.5 Å². The maximum Gasteiger partial charge on any atom is 0.573 e. The molecule has 10 heteroatoms. The molecule has 0 aliphatic carbocycles. The molecule has 0 N–H and O–H groups in total. The molecule has 30 heavy (non-hydrogen) atoms. The summed E-state index contributed by atoms with van der Waals surface area (Å²) in [6.45, 7) is 2.72. The third-order valence-electron chi connectivity index (χ3n) is 4.98. The van der Waals surface area contributed by atoms with Gasteiger partial charge in [-0.25, -0.2) is 4.90 Å². The zero-order valence-corrected chi connectivity index (χ0v) is 16.8. The van der Waals surface area contributed by atoms with Crippen molar-refractivity contribution < 1.29 is 27.5 Å². The molecular formula is C20H18F3N3O3S. The van der Waals surface area contributed by atoms with E-state index in [2.05, 4.69) is 9.64 Å². The molecule has 0 unspecified atom stereocenters. The van der Waals surface area contributed by atoms with E-state index in [-0.39, 0.29) is 5.69 Å². The number of ether oxygens (including phenoxy) is 1. The lowest BCUT2D eigenvalue weighted by atomic mass is 10.1. The second-order valence-corrected chi connectivity index (χ2v) is 7.93. The van der Waals surface area contributed by atoms with E-state index >= 15 is 0 Å². The molecule has 6 nitrogen and oxygen atoms in total. The fourth-order valence-corrected chi connectivity index (χ4v) is 4.28. The van der Waals surface area contributed by atoms with E-state index in [1.807, 2.05) is 17.3 Å². The zero-order chi connectivity index (χ0) is 21.5. The Labute approximate surface area is 174 Å². The van der Waals surface area contributed by atoms with Gasteiger partial charge in [-0.2, -0.15) is 0 Å². The first-order valence-electron chi connectivity index (χ1n) is 9.21. The lowest BCUT2D eigenvalue weighted by Crippen LogP contribution is -2.46. The quantitative estimate of drug-likeness (QED) is 0.688. The minimum atomic E-state index is -4.82. The molecule has 2 aliphatic rings. The van der Waals surface area contributed by atoms with E-state index in [9.17, 15) is 22.8 Å². The van der Waals surface area contributed by atoms with E-state index in [0.29, 0.717) is 29.2 Å². The Hall–Kier alpha value is -2.85. The smallest absolute Gasteiger partial charge is 0.406 e. The van der Waals surface area contributed by atoms with Crippen molar-refractivity contribution in [3.8, 4) is 5.75 Å². The van der Waals surface area contributed by atoms with E-state index in [1.54, 1.807) is 12.1 Å². The Balaban J connectivity index is 1.67. The highest BCUT2D eigenvalue weighted by Gasteiger charge is 2.43.